The maximum atomic E-state index is 13.2. The Morgan fingerprint density at radius 1 is 1.03 bits per heavy atom. The van der Waals surface area contributed by atoms with E-state index in [4.69, 9.17) is 0 Å². The summed E-state index contributed by atoms with van der Waals surface area (Å²) in [5.74, 6) is 0.479. The molecule has 1 saturated heterocycles. The van der Waals surface area contributed by atoms with Gasteiger partial charge >= 0.3 is 0 Å². The second-order valence-corrected chi connectivity index (χ2v) is 6.94. The molecule has 0 aromatic heterocycles. The lowest BCUT2D eigenvalue weighted by molar-refractivity contribution is -0.131. The van der Waals surface area contributed by atoms with Gasteiger partial charge in [-0.2, -0.15) is 0 Å². The third-order valence-electron chi connectivity index (χ3n) is 4.96. The molecule has 1 fully saturated rings. The van der Waals surface area contributed by atoms with E-state index in [1.165, 1.54) is 17.8 Å². The Balaban J connectivity index is 0.00000320. The quantitative estimate of drug-likeness (QED) is 0.346. The second-order valence-electron chi connectivity index (χ2n) is 6.94. The number of hydrogen-bond donors (Lipinski definition) is 2. The van der Waals surface area contributed by atoms with Gasteiger partial charge in [0, 0.05) is 58.4 Å². The van der Waals surface area contributed by atoms with Gasteiger partial charge in [0.05, 0.1) is 0 Å². The number of rotatable bonds is 6. The van der Waals surface area contributed by atoms with Gasteiger partial charge in [0.1, 0.15) is 5.82 Å². The fourth-order valence-electron chi connectivity index (χ4n) is 3.35. The molecule has 0 aliphatic carbocycles. The number of anilines is 1. The van der Waals surface area contributed by atoms with E-state index in [2.05, 4.69) is 32.7 Å². The molecule has 3 rings (SSSR count). The van der Waals surface area contributed by atoms with Crippen molar-refractivity contribution in [3.05, 3.63) is 66.0 Å². The molecule has 2 aromatic carbocycles. The summed E-state index contributed by atoms with van der Waals surface area (Å²) >= 11 is 0. The van der Waals surface area contributed by atoms with Crippen LogP contribution in [0.3, 0.4) is 0 Å². The number of aliphatic imine (C=N–C) groups is 1. The third kappa shape index (κ3) is 7.16. The van der Waals surface area contributed by atoms with Crippen molar-refractivity contribution in [2.75, 3.05) is 44.7 Å². The lowest BCUT2D eigenvalue weighted by Crippen LogP contribution is -2.49. The van der Waals surface area contributed by atoms with Crippen LogP contribution >= 0.6 is 24.0 Å². The van der Waals surface area contributed by atoms with Crippen LogP contribution in [0.4, 0.5) is 10.1 Å². The van der Waals surface area contributed by atoms with Gasteiger partial charge in [0.15, 0.2) is 5.96 Å². The van der Waals surface area contributed by atoms with E-state index >= 15 is 0 Å². The van der Waals surface area contributed by atoms with Crippen molar-refractivity contribution in [3.63, 3.8) is 0 Å². The maximum absolute atomic E-state index is 13.2. The van der Waals surface area contributed by atoms with Crippen molar-refractivity contribution in [2.45, 2.75) is 13.0 Å². The number of halogens is 2. The van der Waals surface area contributed by atoms with Gasteiger partial charge in [-0.25, -0.2) is 4.39 Å². The fourth-order valence-corrected chi connectivity index (χ4v) is 3.35. The minimum absolute atomic E-state index is 0. The van der Waals surface area contributed by atoms with Crippen LogP contribution in [-0.2, 0) is 11.3 Å². The first-order chi connectivity index (χ1) is 14.2. The standard InChI is InChI=1S/C22H28FN5O.HI/c1-24-22(26-17-18-6-5-7-19(23)16-18)25-11-10-21(29)28-14-12-27(13-15-28)20-8-3-2-4-9-20;/h2-9,16H,10-15,17H2,1H3,(H2,24,25,26);1H. The van der Waals surface area contributed by atoms with E-state index in [1.54, 1.807) is 13.1 Å². The molecule has 0 bridgehead atoms. The van der Waals surface area contributed by atoms with E-state index < -0.39 is 0 Å². The smallest absolute Gasteiger partial charge is 0.224 e. The first-order valence-corrected chi connectivity index (χ1v) is 9.92. The number of carbonyl (C=O) groups excluding carboxylic acids is 1. The highest BCUT2D eigenvalue weighted by atomic mass is 127. The summed E-state index contributed by atoms with van der Waals surface area (Å²) in [5, 5.41) is 6.28. The van der Waals surface area contributed by atoms with E-state index in [1.807, 2.05) is 29.2 Å². The van der Waals surface area contributed by atoms with Crippen molar-refractivity contribution in [1.29, 1.82) is 0 Å². The molecule has 0 radical (unpaired) electrons. The first-order valence-electron chi connectivity index (χ1n) is 9.92. The van der Waals surface area contributed by atoms with Crippen molar-refractivity contribution < 1.29 is 9.18 Å². The summed E-state index contributed by atoms with van der Waals surface area (Å²) < 4.78 is 13.2. The molecule has 162 valence electrons. The Bertz CT molecular complexity index is 825. The third-order valence-corrected chi connectivity index (χ3v) is 4.96. The molecule has 1 amide bonds. The van der Waals surface area contributed by atoms with Gasteiger partial charge in [-0.1, -0.05) is 30.3 Å². The minimum atomic E-state index is -0.259. The number of hydrogen-bond acceptors (Lipinski definition) is 3. The number of guanidine groups is 1. The summed E-state index contributed by atoms with van der Waals surface area (Å²) in [4.78, 5) is 20.9. The van der Waals surface area contributed by atoms with Crippen LogP contribution in [0.1, 0.15) is 12.0 Å². The average Bonchev–Trinajstić information content (AvgIpc) is 2.76. The molecule has 1 aliphatic heterocycles. The summed E-state index contributed by atoms with van der Waals surface area (Å²) in [5.41, 5.74) is 2.04. The Kier molecular flexibility index (Phi) is 9.85. The van der Waals surface area contributed by atoms with Crippen molar-refractivity contribution in [2.24, 2.45) is 4.99 Å². The van der Waals surface area contributed by atoms with Crippen LogP contribution in [0.5, 0.6) is 0 Å². The molecular formula is C22H29FIN5O. The molecule has 8 heteroatoms. The predicted octanol–water partition coefficient (Wildman–Crippen LogP) is 2.85. The molecule has 0 saturated carbocycles. The number of piperazine rings is 1. The molecule has 30 heavy (non-hydrogen) atoms. The molecule has 0 unspecified atom stereocenters. The lowest BCUT2D eigenvalue weighted by atomic mass is 10.2. The second kappa shape index (κ2) is 12.4. The summed E-state index contributed by atoms with van der Waals surface area (Å²) in [6, 6.07) is 16.7. The van der Waals surface area contributed by atoms with Crippen LogP contribution in [-0.4, -0.2) is 56.5 Å². The Labute approximate surface area is 194 Å². The minimum Gasteiger partial charge on any atom is -0.368 e. The number of carbonyl (C=O) groups is 1. The fraction of sp³-hybridized carbons (Fsp3) is 0.364. The molecule has 1 aliphatic rings. The zero-order valence-corrected chi connectivity index (χ0v) is 19.5. The number of nitrogens with zero attached hydrogens (tertiary/aromatic N) is 3. The summed E-state index contributed by atoms with van der Waals surface area (Å²) in [6.45, 7) is 4.13. The van der Waals surface area contributed by atoms with Gasteiger partial charge in [-0.05, 0) is 29.8 Å². The predicted molar refractivity (Wildman–Crippen MR) is 130 cm³/mol. The first kappa shape index (κ1) is 23.9. The zero-order valence-electron chi connectivity index (χ0n) is 17.2. The van der Waals surface area contributed by atoms with Crippen molar-refractivity contribution >= 4 is 41.5 Å². The van der Waals surface area contributed by atoms with Gasteiger partial charge in [0.2, 0.25) is 5.91 Å². The monoisotopic (exact) mass is 525 g/mol. The molecule has 6 nitrogen and oxygen atoms in total. The SMILES string of the molecule is CN=C(NCCC(=O)N1CCN(c2ccccc2)CC1)NCc1cccc(F)c1.I. The van der Waals surface area contributed by atoms with Crippen molar-refractivity contribution in [1.82, 2.24) is 15.5 Å². The Hall–Kier alpha value is -2.36. The van der Waals surface area contributed by atoms with E-state index in [-0.39, 0.29) is 35.7 Å². The highest BCUT2D eigenvalue weighted by molar-refractivity contribution is 14.0. The average molecular weight is 525 g/mol. The van der Waals surface area contributed by atoms with Gasteiger partial charge in [-0.15, -0.1) is 24.0 Å². The molecular weight excluding hydrogens is 496 g/mol. The molecule has 0 spiro atoms. The van der Waals surface area contributed by atoms with E-state index in [0.717, 1.165) is 31.7 Å². The van der Waals surface area contributed by atoms with Crippen LogP contribution in [0, 0.1) is 5.82 Å². The van der Waals surface area contributed by atoms with Gasteiger partial charge in [-0.3, -0.25) is 9.79 Å². The largest absolute Gasteiger partial charge is 0.368 e. The lowest BCUT2D eigenvalue weighted by Gasteiger charge is -2.36. The highest BCUT2D eigenvalue weighted by Gasteiger charge is 2.20. The molecule has 2 N–H and O–H groups in total. The Morgan fingerprint density at radius 3 is 2.43 bits per heavy atom. The molecule has 2 aromatic rings. The van der Waals surface area contributed by atoms with Crippen molar-refractivity contribution in [3.8, 4) is 0 Å². The molecule has 1 heterocycles. The highest BCUT2D eigenvalue weighted by Crippen LogP contribution is 2.15. The molecule has 0 atom stereocenters. The number of nitrogens with one attached hydrogen (secondary N) is 2. The summed E-state index contributed by atoms with van der Waals surface area (Å²) in [7, 11) is 1.67. The Morgan fingerprint density at radius 2 is 1.77 bits per heavy atom. The number of amides is 1. The number of benzene rings is 2. The normalized spacial score (nSPS) is 14.1. The van der Waals surface area contributed by atoms with E-state index in [9.17, 15) is 9.18 Å². The maximum Gasteiger partial charge on any atom is 0.224 e. The summed E-state index contributed by atoms with van der Waals surface area (Å²) in [6.07, 6.45) is 0.409. The van der Waals surface area contributed by atoms with Crippen LogP contribution in [0.25, 0.3) is 0 Å². The zero-order chi connectivity index (χ0) is 20.5. The van der Waals surface area contributed by atoms with Crippen LogP contribution in [0.2, 0.25) is 0 Å². The van der Waals surface area contributed by atoms with E-state index in [0.29, 0.717) is 25.5 Å². The number of para-hydroxylation sites is 1. The van der Waals surface area contributed by atoms with Gasteiger partial charge < -0.3 is 20.4 Å². The van der Waals surface area contributed by atoms with Gasteiger partial charge in [0.25, 0.3) is 0 Å². The van der Waals surface area contributed by atoms with Crippen LogP contribution in [0.15, 0.2) is 59.6 Å². The van der Waals surface area contributed by atoms with Crippen LogP contribution < -0.4 is 15.5 Å². The topological polar surface area (TPSA) is 60.0 Å².